The van der Waals surface area contributed by atoms with Gasteiger partial charge in [-0.1, -0.05) is 29.8 Å². The topological polar surface area (TPSA) is 72.5 Å². The molecule has 0 atom stereocenters. The number of amides is 1. The normalized spacial score (nSPS) is 10.0. The summed E-state index contributed by atoms with van der Waals surface area (Å²) in [5.74, 6) is -1.11. The zero-order valence-electron chi connectivity index (χ0n) is 12.3. The Morgan fingerprint density at radius 3 is 2.48 bits per heavy atom. The highest BCUT2D eigenvalue weighted by atomic mass is 35.5. The zero-order chi connectivity index (χ0) is 16.8. The minimum absolute atomic E-state index is 0.266. The number of aryl methyl sites for hydroxylation is 1. The van der Waals surface area contributed by atoms with E-state index in [1.165, 1.54) is 24.3 Å². The van der Waals surface area contributed by atoms with Gasteiger partial charge in [0, 0.05) is 16.3 Å². The summed E-state index contributed by atoms with van der Waals surface area (Å²) in [6.07, 6.45) is 0.676. The van der Waals surface area contributed by atoms with Crippen molar-refractivity contribution in [2.45, 2.75) is 6.92 Å². The van der Waals surface area contributed by atoms with E-state index in [1.54, 1.807) is 18.2 Å². The third kappa shape index (κ3) is 4.66. The molecular weight excluding hydrogens is 318 g/mol. The van der Waals surface area contributed by atoms with Crippen molar-refractivity contribution >= 4 is 35.5 Å². The maximum absolute atomic E-state index is 11.8. The van der Waals surface area contributed by atoms with Crippen LogP contribution in [0.3, 0.4) is 0 Å². The van der Waals surface area contributed by atoms with Gasteiger partial charge >= 0.3 is 5.97 Å². The molecule has 6 heteroatoms. The number of ether oxygens (including phenoxy) is 1. The molecule has 2 aromatic rings. The van der Waals surface area contributed by atoms with E-state index in [0.717, 1.165) is 5.56 Å². The van der Waals surface area contributed by atoms with Crippen LogP contribution in [-0.2, 0) is 9.53 Å². The van der Waals surface area contributed by atoms with E-state index in [0.29, 0.717) is 22.6 Å². The van der Waals surface area contributed by atoms with Gasteiger partial charge in [0.2, 0.25) is 0 Å². The molecule has 0 bridgehead atoms. The Morgan fingerprint density at radius 1 is 1.17 bits per heavy atom. The average Bonchev–Trinajstić information content (AvgIpc) is 2.56. The van der Waals surface area contributed by atoms with Crippen molar-refractivity contribution < 1.29 is 19.1 Å². The van der Waals surface area contributed by atoms with Crippen LogP contribution in [0.4, 0.5) is 5.69 Å². The van der Waals surface area contributed by atoms with Gasteiger partial charge in [-0.2, -0.15) is 0 Å². The Kier molecular flexibility index (Phi) is 5.49. The third-order valence-electron chi connectivity index (χ3n) is 3.07. The second-order valence-electron chi connectivity index (χ2n) is 4.83. The van der Waals surface area contributed by atoms with Crippen LogP contribution in [0, 0.1) is 6.92 Å². The average molecular weight is 332 g/mol. The summed E-state index contributed by atoms with van der Waals surface area (Å²) in [4.78, 5) is 34.1. The first-order valence-corrected chi connectivity index (χ1v) is 7.16. The van der Waals surface area contributed by atoms with Gasteiger partial charge in [0.1, 0.15) is 6.29 Å². The molecule has 0 fully saturated rings. The molecule has 0 saturated carbocycles. The first-order valence-electron chi connectivity index (χ1n) is 6.78. The van der Waals surface area contributed by atoms with Crippen molar-refractivity contribution in [1.82, 2.24) is 0 Å². The van der Waals surface area contributed by atoms with E-state index in [4.69, 9.17) is 16.3 Å². The molecule has 0 saturated heterocycles. The van der Waals surface area contributed by atoms with Crippen LogP contribution >= 0.6 is 11.6 Å². The van der Waals surface area contributed by atoms with Crippen LogP contribution in [0.1, 0.15) is 26.3 Å². The number of rotatable bonds is 5. The number of carbonyl (C=O) groups excluding carboxylic acids is 3. The highest BCUT2D eigenvalue weighted by Gasteiger charge is 2.10. The SMILES string of the molecule is Cc1ccc(NC(=O)COC(=O)c2ccc(C=O)cc2)cc1Cl. The Morgan fingerprint density at radius 2 is 1.87 bits per heavy atom. The Bertz CT molecular complexity index is 741. The number of aldehydes is 1. The molecule has 2 rings (SSSR count). The number of hydrogen-bond acceptors (Lipinski definition) is 4. The van der Waals surface area contributed by atoms with Crippen molar-refractivity contribution in [3.63, 3.8) is 0 Å². The molecule has 1 N–H and O–H groups in total. The first kappa shape index (κ1) is 16.7. The monoisotopic (exact) mass is 331 g/mol. The van der Waals surface area contributed by atoms with E-state index in [2.05, 4.69) is 5.32 Å². The second kappa shape index (κ2) is 7.56. The first-order chi connectivity index (χ1) is 11.0. The van der Waals surface area contributed by atoms with Crippen molar-refractivity contribution in [2.24, 2.45) is 0 Å². The summed E-state index contributed by atoms with van der Waals surface area (Å²) in [6.45, 7) is 1.44. The maximum atomic E-state index is 11.8. The van der Waals surface area contributed by atoms with Crippen molar-refractivity contribution in [3.05, 3.63) is 64.2 Å². The lowest BCUT2D eigenvalue weighted by Crippen LogP contribution is -2.20. The highest BCUT2D eigenvalue weighted by Crippen LogP contribution is 2.19. The fourth-order valence-corrected chi connectivity index (χ4v) is 1.96. The van der Waals surface area contributed by atoms with Crippen LogP contribution < -0.4 is 5.32 Å². The van der Waals surface area contributed by atoms with Crippen LogP contribution in [0.25, 0.3) is 0 Å². The molecule has 0 spiro atoms. The fourth-order valence-electron chi connectivity index (χ4n) is 1.78. The van der Waals surface area contributed by atoms with Gasteiger partial charge in [-0.25, -0.2) is 4.79 Å². The lowest BCUT2D eigenvalue weighted by Gasteiger charge is -2.08. The molecule has 0 radical (unpaired) electrons. The van der Waals surface area contributed by atoms with Gasteiger partial charge in [0.25, 0.3) is 5.91 Å². The summed E-state index contributed by atoms with van der Waals surface area (Å²) in [7, 11) is 0. The van der Waals surface area contributed by atoms with E-state index in [1.807, 2.05) is 6.92 Å². The van der Waals surface area contributed by atoms with Crippen molar-refractivity contribution in [1.29, 1.82) is 0 Å². The van der Waals surface area contributed by atoms with E-state index >= 15 is 0 Å². The summed E-state index contributed by atoms with van der Waals surface area (Å²) in [5.41, 5.74) is 2.14. The molecule has 1 amide bonds. The van der Waals surface area contributed by atoms with Crippen LogP contribution in [0.5, 0.6) is 0 Å². The van der Waals surface area contributed by atoms with E-state index < -0.39 is 18.5 Å². The lowest BCUT2D eigenvalue weighted by atomic mass is 10.1. The zero-order valence-corrected chi connectivity index (χ0v) is 13.1. The molecule has 23 heavy (non-hydrogen) atoms. The molecule has 0 aromatic heterocycles. The second-order valence-corrected chi connectivity index (χ2v) is 5.24. The van der Waals surface area contributed by atoms with Gasteiger partial charge in [0.05, 0.1) is 5.56 Å². The molecular formula is C17H14ClNO4. The number of benzene rings is 2. The smallest absolute Gasteiger partial charge is 0.338 e. The molecule has 0 unspecified atom stereocenters. The van der Waals surface area contributed by atoms with Crippen LogP contribution in [0.15, 0.2) is 42.5 Å². The fraction of sp³-hybridized carbons (Fsp3) is 0.118. The third-order valence-corrected chi connectivity index (χ3v) is 3.48. The molecule has 0 aliphatic heterocycles. The number of esters is 1. The predicted octanol–water partition coefficient (Wildman–Crippen LogP) is 3.26. The van der Waals surface area contributed by atoms with Crippen molar-refractivity contribution in [2.75, 3.05) is 11.9 Å². The Labute approximate surface area is 138 Å². The molecule has 2 aromatic carbocycles. The van der Waals surface area contributed by atoms with E-state index in [-0.39, 0.29) is 5.56 Å². The molecule has 0 aliphatic carbocycles. The highest BCUT2D eigenvalue weighted by molar-refractivity contribution is 6.31. The summed E-state index contributed by atoms with van der Waals surface area (Å²) < 4.78 is 4.92. The molecule has 118 valence electrons. The standard InChI is InChI=1S/C17H14ClNO4/c1-11-2-7-14(8-15(11)18)19-16(21)10-23-17(22)13-5-3-12(9-20)4-6-13/h2-9H,10H2,1H3,(H,19,21). The predicted molar refractivity (Wildman–Crippen MR) is 86.9 cm³/mol. The number of carbonyl (C=O) groups is 3. The minimum atomic E-state index is -0.639. The van der Waals surface area contributed by atoms with Crippen molar-refractivity contribution in [3.8, 4) is 0 Å². The number of nitrogens with one attached hydrogen (secondary N) is 1. The summed E-state index contributed by atoms with van der Waals surface area (Å²) in [6, 6.07) is 11.0. The number of hydrogen-bond donors (Lipinski definition) is 1. The molecule has 5 nitrogen and oxygen atoms in total. The van der Waals surface area contributed by atoms with Gasteiger partial charge in [-0.05, 0) is 36.8 Å². The number of anilines is 1. The Balaban J connectivity index is 1.88. The van der Waals surface area contributed by atoms with Gasteiger partial charge in [0.15, 0.2) is 6.61 Å². The molecule has 0 aliphatic rings. The maximum Gasteiger partial charge on any atom is 0.338 e. The minimum Gasteiger partial charge on any atom is -0.452 e. The quantitative estimate of drug-likeness (QED) is 0.674. The van der Waals surface area contributed by atoms with Crippen LogP contribution in [0.2, 0.25) is 5.02 Å². The largest absolute Gasteiger partial charge is 0.452 e. The van der Waals surface area contributed by atoms with Gasteiger partial charge in [-0.3, -0.25) is 9.59 Å². The van der Waals surface area contributed by atoms with Crippen LogP contribution in [-0.4, -0.2) is 24.8 Å². The van der Waals surface area contributed by atoms with E-state index in [9.17, 15) is 14.4 Å². The summed E-state index contributed by atoms with van der Waals surface area (Å²) >= 11 is 5.97. The summed E-state index contributed by atoms with van der Waals surface area (Å²) in [5, 5.41) is 3.13. The lowest BCUT2D eigenvalue weighted by molar-refractivity contribution is -0.119. The van der Waals surface area contributed by atoms with Gasteiger partial charge in [-0.15, -0.1) is 0 Å². The number of halogens is 1. The molecule has 0 heterocycles. The Hall–Kier alpha value is -2.66. The van der Waals surface area contributed by atoms with Gasteiger partial charge < -0.3 is 10.1 Å².